The molecule has 3 unspecified atom stereocenters. The number of hydrogen-bond acceptors (Lipinski definition) is 0. The van der Waals surface area contributed by atoms with Gasteiger partial charge >= 0.3 is 0 Å². The quantitative estimate of drug-likeness (QED) is 0.0715. The van der Waals surface area contributed by atoms with E-state index < -0.39 is 0 Å². The first kappa shape index (κ1) is 39.0. The van der Waals surface area contributed by atoms with Gasteiger partial charge in [0, 0.05) is 0 Å². The van der Waals surface area contributed by atoms with Gasteiger partial charge in [-0.2, -0.15) is 0 Å². The molecule has 0 saturated heterocycles. The van der Waals surface area contributed by atoms with Gasteiger partial charge in [0.05, 0.1) is 0 Å². The predicted molar refractivity (Wildman–Crippen MR) is 182 cm³/mol. The Morgan fingerprint density at radius 2 is 0.462 bits per heavy atom. The molecule has 0 rings (SSSR count). The van der Waals surface area contributed by atoms with Crippen LogP contribution in [-0.2, 0) is 0 Å². The summed E-state index contributed by atoms with van der Waals surface area (Å²) in [5, 5.41) is 0. The Morgan fingerprint density at radius 1 is 0.231 bits per heavy atom. The number of unbranched alkanes of at least 4 members (excludes halogenated alkanes) is 21. The van der Waals surface area contributed by atoms with E-state index in [1.165, 1.54) is 199 Å². The topological polar surface area (TPSA) is 0 Å². The van der Waals surface area contributed by atoms with Crippen LogP contribution in [0.5, 0.6) is 0 Å². The molecule has 39 heavy (non-hydrogen) atoms. The van der Waals surface area contributed by atoms with Crippen molar-refractivity contribution in [2.24, 2.45) is 17.8 Å². The molecule has 0 aliphatic heterocycles. The highest BCUT2D eigenvalue weighted by Gasteiger charge is 2.06. The molecule has 0 spiro atoms. The van der Waals surface area contributed by atoms with Crippen LogP contribution in [0, 0.1) is 17.8 Å². The van der Waals surface area contributed by atoms with Gasteiger partial charge < -0.3 is 0 Å². The molecule has 0 N–H and O–H groups in total. The van der Waals surface area contributed by atoms with Crippen LogP contribution in [0.3, 0.4) is 0 Å². The Balaban J connectivity index is 3.24. The van der Waals surface area contributed by atoms with Crippen LogP contribution in [0.4, 0.5) is 0 Å². The SMILES string of the molecule is CCCCCCCCCCCCCCCCCCCCC(C)CCCCCCCC(C)CCCC(C)CCC. The zero-order chi connectivity index (χ0) is 28.7. The summed E-state index contributed by atoms with van der Waals surface area (Å²) in [5.41, 5.74) is 0. The molecule has 0 aromatic heterocycles. The van der Waals surface area contributed by atoms with Crippen molar-refractivity contribution in [1.29, 1.82) is 0 Å². The lowest BCUT2D eigenvalue weighted by Gasteiger charge is -2.14. The molecule has 0 amide bonds. The molecule has 0 aromatic carbocycles. The number of rotatable bonds is 33. The van der Waals surface area contributed by atoms with Crippen LogP contribution in [-0.4, -0.2) is 0 Å². The van der Waals surface area contributed by atoms with E-state index in [1.807, 2.05) is 0 Å². The van der Waals surface area contributed by atoms with E-state index in [0.717, 1.165) is 17.8 Å². The van der Waals surface area contributed by atoms with E-state index in [2.05, 4.69) is 34.6 Å². The van der Waals surface area contributed by atoms with Gasteiger partial charge in [0.15, 0.2) is 0 Å². The minimum Gasteiger partial charge on any atom is -0.0654 e. The third-order valence-corrected chi connectivity index (χ3v) is 9.62. The van der Waals surface area contributed by atoms with E-state index in [4.69, 9.17) is 0 Å². The maximum absolute atomic E-state index is 2.51. The average Bonchev–Trinajstić information content (AvgIpc) is 2.92. The summed E-state index contributed by atoms with van der Waals surface area (Å²) in [6.45, 7) is 12.1. The van der Waals surface area contributed by atoms with Crippen molar-refractivity contribution in [2.45, 2.75) is 234 Å². The molecular formula is C39H80. The standard InChI is InChI=1S/C39H80/c1-6-8-9-10-11-12-13-14-15-16-17-18-19-20-21-22-24-27-32-38(4)33-28-25-23-26-29-34-39(5)36-30-35-37(3)31-7-2/h37-39H,6-36H2,1-5H3. The Kier molecular flexibility index (Phi) is 32.5. The van der Waals surface area contributed by atoms with Crippen molar-refractivity contribution in [3.05, 3.63) is 0 Å². The molecule has 0 bridgehead atoms. The maximum Gasteiger partial charge on any atom is -0.0443 e. The molecule has 0 radical (unpaired) electrons. The molecule has 236 valence electrons. The van der Waals surface area contributed by atoms with Gasteiger partial charge in [0.25, 0.3) is 0 Å². The summed E-state index contributed by atoms with van der Waals surface area (Å²) in [7, 11) is 0. The summed E-state index contributed by atoms with van der Waals surface area (Å²) in [5.74, 6) is 2.86. The number of hydrogen-bond donors (Lipinski definition) is 0. The normalized spacial score (nSPS) is 14.1. The largest absolute Gasteiger partial charge is 0.0654 e. The highest BCUT2D eigenvalue weighted by atomic mass is 14.1. The van der Waals surface area contributed by atoms with Gasteiger partial charge in [-0.15, -0.1) is 0 Å². The summed E-state index contributed by atoms with van der Waals surface area (Å²) in [6, 6.07) is 0. The lowest BCUT2D eigenvalue weighted by atomic mass is 9.92. The molecule has 0 heterocycles. The molecule has 0 heteroatoms. The van der Waals surface area contributed by atoms with Crippen molar-refractivity contribution < 1.29 is 0 Å². The van der Waals surface area contributed by atoms with Gasteiger partial charge in [0.1, 0.15) is 0 Å². The lowest BCUT2D eigenvalue weighted by Crippen LogP contribution is -1.99. The lowest BCUT2D eigenvalue weighted by molar-refractivity contribution is 0.395. The van der Waals surface area contributed by atoms with Crippen molar-refractivity contribution in [3.63, 3.8) is 0 Å². The zero-order valence-electron chi connectivity index (χ0n) is 28.7. The Bertz CT molecular complexity index is 426. The summed E-state index contributed by atoms with van der Waals surface area (Å²) in [4.78, 5) is 0. The van der Waals surface area contributed by atoms with Crippen LogP contribution >= 0.6 is 0 Å². The first-order valence-corrected chi connectivity index (χ1v) is 19.1. The van der Waals surface area contributed by atoms with Crippen LogP contribution in [0.25, 0.3) is 0 Å². The molecule has 0 nitrogen and oxygen atoms in total. The molecular weight excluding hydrogens is 468 g/mol. The second kappa shape index (κ2) is 32.5. The minimum absolute atomic E-state index is 0.948. The maximum atomic E-state index is 2.51. The Labute approximate surface area is 251 Å². The second-order valence-corrected chi connectivity index (χ2v) is 14.2. The first-order chi connectivity index (χ1) is 19.1. The first-order valence-electron chi connectivity index (χ1n) is 19.1. The second-order valence-electron chi connectivity index (χ2n) is 14.2. The third kappa shape index (κ3) is 32.4. The Hall–Kier alpha value is 0. The highest BCUT2D eigenvalue weighted by Crippen LogP contribution is 2.22. The summed E-state index contributed by atoms with van der Waals surface area (Å²) in [6.07, 6.45) is 45.6. The van der Waals surface area contributed by atoms with E-state index in [1.54, 1.807) is 0 Å². The van der Waals surface area contributed by atoms with Crippen molar-refractivity contribution in [2.75, 3.05) is 0 Å². The van der Waals surface area contributed by atoms with Crippen molar-refractivity contribution in [3.8, 4) is 0 Å². The van der Waals surface area contributed by atoms with E-state index in [-0.39, 0.29) is 0 Å². The predicted octanol–water partition coefficient (Wildman–Crippen LogP) is 15.0. The van der Waals surface area contributed by atoms with Crippen LogP contribution < -0.4 is 0 Å². The van der Waals surface area contributed by atoms with E-state index in [0.29, 0.717) is 0 Å². The summed E-state index contributed by atoms with van der Waals surface area (Å²) < 4.78 is 0. The van der Waals surface area contributed by atoms with Crippen molar-refractivity contribution in [1.82, 2.24) is 0 Å². The van der Waals surface area contributed by atoms with Gasteiger partial charge in [-0.3, -0.25) is 0 Å². The van der Waals surface area contributed by atoms with Crippen LogP contribution in [0.15, 0.2) is 0 Å². The van der Waals surface area contributed by atoms with Gasteiger partial charge in [-0.25, -0.2) is 0 Å². The van der Waals surface area contributed by atoms with E-state index >= 15 is 0 Å². The smallest absolute Gasteiger partial charge is 0.0443 e. The average molecular weight is 549 g/mol. The van der Waals surface area contributed by atoms with Gasteiger partial charge in [-0.1, -0.05) is 234 Å². The fraction of sp³-hybridized carbons (Fsp3) is 1.00. The zero-order valence-corrected chi connectivity index (χ0v) is 28.7. The van der Waals surface area contributed by atoms with Crippen molar-refractivity contribution >= 4 is 0 Å². The van der Waals surface area contributed by atoms with Crippen LogP contribution in [0.2, 0.25) is 0 Å². The minimum atomic E-state index is 0.948. The van der Waals surface area contributed by atoms with Gasteiger partial charge in [0.2, 0.25) is 0 Å². The fourth-order valence-electron chi connectivity index (χ4n) is 6.65. The summed E-state index contributed by atoms with van der Waals surface area (Å²) >= 11 is 0. The third-order valence-electron chi connectivity index (χ3n) is 9.62. The molecule has 0 aliphatic rings. The molecule has 0 fully saturated rings. The van der Waals surface area contributed by atoms with E-state index in [9.17, 15) is 0 Å². The Morgan fingerprint density at radius 3 is 0.744 bits per heavy atom. The monoisotopic (exact) mass is 549 g/mol. The van der Waals surface area contributed by atoms with Gasteiger partial charge in [-0.05, 0) is 17.8 Å². The fourth-order valence-corrected chi connectivity index (χ4v) is 6.65. The molecule has 0 aromatic rings. The van der Waals surface area contributed by atoms with Crippen LogP contribution in [0.1, 0.15) is 234 Å². The molecule has 0 saturated carbocycles. The molecule has 0 aliphatic carbocycles. The highest BCUT2D eigenvalue weighted by molar-refractivity contribution is 4.59. The molecule has 3 atom stereocenters.